The van der Waals surface area contributed by atoms with E-state index in [2.05, 4.69) is 4.90 Å². The van der Waals surface area contributed by atoms with Crippen LogP contribution in [0.25, 0.3) is 0 Å². The molecule has 0 aromatic rings. The second kappa shape index (κ2) is 6.45. The molecule has 0 aromatic heterocycles. The molecule has 1 saturated heterocycles. The van der Waals surface area contributed by atoms with Crippen LogP contribution in [0, 0.1) is 0 Å². The van der Waals surface area contributed by atoms with Gasteiger partial charge in [0.2, 0.25) is 5.91 Å². The maximum Gasteiger partial charge on any atom is 0.248 e. The molecular formula is C12H23N3O2S. The maximum atomic E-state index is 11.8. The standard InChI is InChI=1S/C12H23N3O2S/c1-4-17-9-10(16)14-5-7-15(8-6-14)12(2,3)11(13)18/h4-9H2,1-3H3,(H2,13,18). The van der Waals surface area contributed by atoms with Gasteiger partial charge >= 0.3 is 0 Å². The van der Waals surface area contributed by atoms with Crippen molar-refractivity contribution in [2.75, 3.05) is 39.4 Å². The summed E-state index contributed by atoms with van der Waals surface area (Å²) in [5, 5.41) is 0. The predicted molar refractivity (Wildman–Crippen MR) is 75.5 cm³/mol. The molecule has 6 heteroatoms. The fraction of sp³-hybridized carbons (Fsp3) is 0.833. The number of thiocarbonyl (C=S) groups is 1. The first-order chi connectivity index (χ1) is 8.39. The first-order valence-corrected chi connectivity index (χ1v) is 6.71. The van der Waals surface area contributed by atoms with Gasteiger partial charge in [0.1, 0.15) is 6.61 Å². The molecule has 0 radical (unpaired) electrons. The highest BCUT2D eigenvalue weighted by molar-refractivity contribution is 7.80. The summed E-state index contributed by atoms with van der Waals surface area (Å²) < 4.78 is 5.14. The van der Waals surface area contributed by atoms with E-state index in [9.17, 15) is 4.79 Å². The summed E-state index contributed by atoms with van der Waals surface area (Å²) in [5.41, 5.74) is 5.46. The number of hydrogen-bond acceptors (Lipinski definition) is 4. The van der Waals surface area contributed by atoms with Gasteiger partial charge < -0.3 is 15.4 Å². The van der Waals surface area contributed by atoms with E-state index in [1.165, 1.54) is 0 Å². The summed E-state index contributed by atoms with van der Waals surface area (Å²) in [6, 6.07) is 0. The summed E-state index contributed by atoms with van der Waals surface area (Å²) >= 11 is 5.09. The van der Waals surface area contributed by atoms with E-state index in [0.717, 1.165) is 13.1 Å². The van der Waals surface area contributed by atoms with Crippen LogP contribution in [0.3, 0.4) is 0 Å². The molecule has 0 unspecified atom stereocenters. The van der Waals surface area contributed by atoms with Crippen molar-refractivity contribution in [1.82, 2.24) is 9.80 Å². The summed E-state index contributed by atoms with van der Waals surface area (Å²) in [6.07, 6.45) is 0. The monoisotopic (exact) mass is 273 g/mol. The number of piperazine rings is 1. The molecule has 5 nitrogen and oxygen atoms in total. The van der Waals surface area contributed by atoms with E-state index in [4.69, 9.17) is 22.7 Å². The van der Waals surface area contributed by atoms with Gasteiger partial charge in [-0.3, -0.25) is 9.69 Å². The Morgan fingerprint density at radius 1 is 1.33 bits per heavy atom. The van der Waals surface area contributed by atoms with Gasteiger partial charge in [-0.2, -0.15) is 0 Å². The molecule has 0 atom stereocenters. The lowest BCUT2D eigenvalue weighted by atomic mass is 10.0. The lowest BCUT2D eigenvalue weighted by molar-refractivity contribution is -0.138. The van der Waals surface area contributed by atoms with Crippen molar-refractivity contribution >= 4 is 23.1 Å². The van der Waals surface area contributed by atoms with Crippen LogP contribution < -0.4 is 5.73 Å². The van der Waals surface area contributed by atoms with Crippen LogP contribution in [-0.2, 0) is 9.53 Å². The van der Waals surface area contributed by atoms with Gasteiger partial charge in [0.15, 0.2) is 0 Å². The molecule has 0 aliphatic carbocycles. The minimum Gasteiger partial charge on any atom is -0.392 e. The molecule has 1 amide bonds. The molecule has 1 aliphatic rings. The van der Waals surface area contributed by atoms with Crippen LogP contribution in [-0.4, -0.2) is 65.6 Å². The molecule has 0 saturated carbocycles. The third-order valence-electron chi connectivity index (χ3n) is 3.46. The summed E-state index contributed by atoms with van der Waals surface area (Å²) in [7, 11) is 0. The topological polar surface area (TPSA) is 58.8 Å². The summed E-state index contributed by atoms with van der Waals surface area (Å²) in [5.74, 6) is 0.0598. The van der Waals surface area contributed by atoms with Gasteiger partial charge in [0, 0.05) is 32.8 Å². The molecule has 18 heavy (non-hydrogen) atoms. The largest absolute Gasteiger partial charge is 0.392 e. The van der Waals surface area contributed by atoms with Crippen LogP contribution in [0.4, 0.5) is 0 Å². The Kier molecular flexibility index (Phi) is 5.49. The van der Waals surface area contributed by atoms with E-state index in [-0.39, 0.29) is 18.1 Å². The molecule has 2 N–H and O–H groups in total. The molecule has 0 aromatic carbocycles. The second-order valence-electron chi connectivity index (χ2n) is 4.93. The molecule has 0 spiro atoms. The van der Waals surface area contributed by atoms with Crippen LogP contribution >= 0.6 is 12.2 Å². The second-order valence-corrected chi connectivity index (χ2v) is 5.37. The van der Waals surface area contributed by atoms with Crippen molar-refractivity contribution in [3.8, 4) is 0 Å². The van der Waals surface area contributed by atoms with E-state index >= 15 is 0 Å². The molecule has 1 fully saturated rings. The number of carbonyl (C=O) groups excluding carboxylic acids is 1. The van der Waals surface area contributed by atoms with Gasteiger partial charge in [-0.15, -0.1) is 0 Å². The SMILES string of the molecule is CCOCC(=O)N1CCN(C(C)(C)C(N)=S)CC1. The summed E-state index contributed by atoms with van der Waals surface area (Å²) in [6.45, 7) is 9.67. The quantitative estimate of drug-likeness (QED) is 0.727. The molecule has 104 valence electrons. The number of nitrogens with zero attached hydrogens (tertiary/aromatic N) is 2. The Morgan fingerprint density at radius 2 is 1.89 bits per heavy atom. The zero-order chi connectivity index (χ0) is 13.8. The highest BCUT2D eigenvalue weighted by atomic mass is 32.1. The third-order valence-corrected chi connectivity index (χ3v) is 3.96. The molecule has 1 aliphatic heterocycles. The van der Waals surface area contributed by atoms with E-state index in [0.29, 0.717) is 24.7 Å². The van der Waals surface area contributed by atoms with Crippen molar-refractivity contribution in [2.24, 2.45) is 5.73 Å². The molecule has 0 bridgehead atoms. The van der Waals surface area contributed by atoms with Gasteiger partial charge in [0.25, 0.3) is 0 Å². The number of carbonyl (C=O) groups is 1. The van der Waals surface area contributed by atoms with Crippen molar-refractivity contribution in [1.29, 1.82) is 0 Å². The van der Waals surface area contributed by atoms with Crippen LogP contribution in [0.5, 0.6) is 0 Å². The first-order valence-electron chi connectivity index (χ1n) is 6.30. The Hall–Kier alpha value is -0.720. The van der Waals surface area contributed by atoms with Crippen molar-refractivity contribution < 1.29 is 9.53 Å². The lowest BCUT2D eigenvalue weighted by Gasteiger charge is -2.43. The fourth-order valence-electron chi connectivity index (χ4n) is 1.95. The smallest absolute Gasteiger partial charge is 0.248 e. The Morgan fingerprint density at radius 3 is 2.33 bits per heavy atom. The number of ether oxygens (including phenoxy) is 1. The molecular weight excluding hydrogens is 250 g/mol. The van der Waals surface area contributed by atoms with Gasteiger partial charge in [0.05, 0.1) is 10.5 Å². The van der Waals surface area contributed by atoms with Gasteiger partial charge in [-0.25, -0.2) is 0 Å². The highest BCUT2D eigenvalue weighted by Crippen LogP contribution is 2.17. The average Bonchev–Trinajstić information content (AvgIpc) is 2.35. The average molecular weight is 273 g/mol. The number of amides is 1. The number of rotatable bonds is 5. The fourth-order valence-corrected chi connectivity index (χ4v) is 2.08. The van der Waals surface area contributed by atoms with E-state index in [1.807, 2.05) is 25.7 Å². The first kappa shape index (κ1) is 15.3. The highest BCUT2D eigenvalue weighted by Gasteiger charge is 2.33. The number of nitrogens with two attached hydrogens (primary N) is 1. The zero-order valence-electron chi connectivity index (χ0n) is 11.4. The normalized spacial score (nSPS) is 17.8. The zero-order valence-corrected chi connectivity index (χ0v) is 12.3. The van der Waals surface area contributed by atoms with Crippen molar-refractivity contribution in [2.45, 2.75) is 26.3 Å². The minimum atomic E-state index is -0.287. The predicted octanol–water partition coefficient (Wildman–Crippen LogP) is 0.232. The van der Waals surface area contributed by atoms with Gasteiger partial charge in [-0.05, 0) is 20.8 Å². The summed E-state index contributed by atoms with van der Waals surface area (Å²) in [4.78, 5) is 16.3. The van der Waals surface area contributed by atoms with Crippen LogP contribution in [0.1, 0.15) is 20.8 Å². The van der Waals surface area contributed by atoms with Crippen molar-refractivity contribution in [3.05, 3.63) is 0 Å². The molecule has 1 rings (SSSR count). The Labute approximate surface area is 114 Å². The third kappa shape index (κ3) is 3.63. The lowest BCUT2D eigenvalue weighted by Crippen LogP contribution is -2.60. The van der Waals surface area contributed by atoms with Crippen LogP contribution in [0.15, 0.2) is 0 Å². The Balaban J connectivity index is 2.46. The van der Waals surface area contributed by atoms with Gasteiger partial charge in [-0.1, -0.05) is 12.2 Å². The van der Waals surface area contributed by atoms with E-state index < -0.39 is 0 Å². The van der Waals surface area contributed by atoms with Crippen LogP contribution in [0.2, 0.25) is 0 Å². The Bertz CT molecular complexity index is 312. The van der Waals surface area contributed by atoms with Crippen molar-refractivity contribution in [3.63, 3.8) is 0 Å². The minimum absolute atomic E-state index is 0.0598. The van der Waals surface area contributed by atoms with E-state index in [1.54, 1.807) is 0 Å². The maximum absolute atomic E-state index is 11.8. The number of hydrogen-bond donors (Lipinski definition) is 1. The molecule has 1 heterocycles.